The van der Waals surface area contributed by atoms with Gasteiger partial charge in [0.05, 0.1) is 6.04 Å². The van der Waals surface area contributed by atoms with Crippen molar-refractivity contribution in [3.05, 3.63) is 35.9 Å². The Hall–Kier alpha value is -2.98. The number of carboxylic acids is 1. The molecule has 0 radical (unpaired) electrons. The molecule has 0 spiro atoms. The molecule has 34 heavy (non-hydrogen) atoms. The van der Waals surface area contributed by atoms with Crippen molar-refractivity contribution >= 4 is 23.7 Å². The van der Waals surface area contributed by atoms with Crippen LogP contribution in [0.25, 0.3) is 0 Å². The summed E-state index contributed by atoms with van der Waals surface area (Å²) in [7, 11) is 0. The van der Waals surface area contributed by atoms with E-state index in [-0.39, 0.29) is 12.3 Å². The number of hydrogen-bond donors (Lipinski definition) is 6. The molecule has 0 aromatic heterocycles. The molecule has 10 nitrogen and oxygen atoms in total. The predicted molar refractivity (Wildman–Crippen MR) is 130 cm³/mol. The van der Waals surface area contributed by atoms with Crippen LogP contribution in [0.4, 0.5) is 0 Å². The van der Waals surface area contributed by atoms with Crippen LogP contribution in [0, 0.1) is 5.92 Å². The number of rotatable bonds is 15. The molecule has 0 heterocycles. The Balaban J connectivity index is 3.00. The summed E-state index contributed by atoms with van der Waals surface area (Å²) in [4.78, 5) is 49.7. The zero-order chi connectivity index (χ0) is 25.7. The largest absolute Gasteiger partial charge is 0.480 e. The van der Waals surface area contributed by atoms with Crippen LogP contribution < -0.4 is 27.4 Å². The van der Waals surface area contributed by atoms with Gasteiger partial charge in [0.15, 0.2) is 0 Å². The van der Waals surface area contributed by atoms with Crippen molar-refractivity contribution < 1.29 is 24.3 Å². The number of amides is 3. The topological polar surface area (TPSA) is 177 Å². The summed E-state index contributed by atoms with van der Waals surface area (Å²) in [5.41, 5.74) is 12.3. The number of benzene rings is 1. The summed E-state index contributed by atoms with van der Waals surface area (Å²) in [5.74, 6) is -2.73. The van der Waals surface area contributed by atoms with Gasteiger partial charge in [-0.1, -0.05) is 50.6 Å². The summed E-state index contributed by atoms with van der Waals surface area (Å²) in [5, 5.41) is 16.9. The second kappa shape index (κ2) is 15.0. The summed E-state index contributed by atoms with van der Waals surface area (Å²) in [6.07, 6.45) is 2.38. The lowest BCUT2D eigenvalue weighted by atomic mass is 10.0. The molecule has 0 aliphatic heterocycles. The average Bonchev–Trinajstić information content (AvgIpc) is 2.78. The molecular formula is C24H39N5O5. The van der Waals surface area contributed by atoms with Gasteiger partial charge in [0.25, 0.3) is 0 Å². The lowest BCUT2D eigenvalue weighted by molar-refractivity contribution is -0.141. The molecule has 0 saturated carbocycles. The van der Waals surface area contributed by atoms with E-state index in [4.69, 9.17) is 16.6 Å². The molecule has 0 aliphatic rings. The van der Waals surface area contributed by atoms with Gasteiger partial charge in [0.2, 0.25) is 17.7 Å². The van der Waals surface area contributed by atoms with E-state index in [9.17, 15) is 19.2 Å². The molecule has 0 aliphatic carbocycles. The van der Waals surface area contributed by atoms with Gasteiger partial charge in [-0.15, -0.1) is 0 Å². The number of carboxylic acid groups (broad SMARTS) is 1. The van der Waals surface area contributed by atoms with Crippen molar-refractivity contribution in [1.82, 2.24) is 16.0 Å². The van der Waals surface area contributed by atoms with Crippen LogP contribution in [0.15, 0.2) is 30.3 Å². The maximum absolute atomic E-state index is 13.2. The van der Waals surface area contributed by atoms with Crippen LogP contribution >= 0.6 is 0 Å². The van der Waals surface area contributed by atoms with Gasteiger partial charge < -0.3 is 32.5 Å². The van der Waals surface area contributed by atoms with Crippen LogP contribution in [0.2, 0.25) is 0 Å². The number of aliphatic carboxylic acids is 1. The Morgan fingerprint density at radius 2 is 1.47 bits per heavy atom. The number of hydrogen-bond acceptors (Lipinski definition) is 6. The first-order valence-electron chi connectivity index (χ1n) is 11.7. The first-order chi connectivity index (χ1) is 16.0. The zero-order valence-electron chi connectivity index (χ0n) is 20.3. The normalized spacial score (nSPS) is 14.5. The quantitative estimate of drug-likeness (QED) is 0.197. The summed E-state index contributed by atoms with van der Waals surface area (Å²) >= 11 is 0. The molecule has 4 unspecified atom stereocenters. The number of nitrogens with one attached hydrogen (secondary N) is 3. The second-order valence-electron chi connectivity index (χ2n) is 8.90. The third kappa shape index (κ3) is 10.8. The van der Waals surface area contributed by atoms with E-state index in [1.54, 1.807) is 0 Å². The van der Waals surface area contributed by atoms with E-state index in [0.717, 1.165) is 12.0 Å². The van der Waals surface area contributed by atoms with Gasteiger partial charge in [-0.05, 0) is 44.2 Å². The van der Waals surface area contributed by atoms with E-state index in [0.29, 0.717) is 25.8 Å². The third-order valence-electron chi connectivity index (χ3n) is 5.29. The highest BCUT2D eigenvalue weighted by molar-refractivity contribution is 5.94. The maximum Gasteiger partial charge on any atom is 0.325 e. The van der Waals surface area contributed by atoms with E-state index in [1.165, 1.54) is 6.92 Å². The molecule has 3 amide bonds. The smallest absolute Gasteiger partial charge is 0.325 e. The van der Waals surface area contributed by atoms with Gasteiger partial charge in [0, 0.05) is 6.42 Å². The minimum atomic E-state index is -1.18. The Morgan fingerprint density at radius 1 is 0.882 bits per heavy atom. The molecule has 1 aromatic rings. The summed E-state index contributed by atoms with van der Waals surface area (Å²) in [6, 6.07) is 5.35. The fraction of sp³-hybridized carbons (Fsp3) is 0.583. The van der Waals surface area contributed by atoms with Crippen molar-refractivity contribution in [3.8, 4) is 0 Å². The van der Waals surface area contributed by atoms with Gasteiger partial charge in [-0.3, -0.25) is 19.2 Å². The fourth-order valence-corrected chi connectivity index (χ4v) is 3.33. The lowest BCUT2D eigenvalue weighted by Gasteiger charge is -2.25. The zero-order valence-corrected chi connectivity index (χ0v) is 20.3. The number of nitrogens with two attached hydrogens (primary N) is 2. The van der Waals surface area contributed by atoms with E-state index in [2.05, 4.69) is 16.0 Å². The third-order valence-corrected chi connectivity index (χ3v) is 5.29. The van der Waals surface area contributed by atoms with Crippen molar-refractivity contribution in [1.29, 1.82) is 0 Å². The molecule has 190 valence electrons. The molecule has 10 heteroatoms. The molecule has 1 aromatic carbocycles. The Bertz CT molecular complexity index is 802. The number of carbonyl (C=O) groups is 4. The van der Waals surface area contributed by atoms with E-state index >= 15 is 0 Å². The highest BCUT2D eigenvalue weighted by Crippen LogP contribution is 2.09. The summed E-state index contributed by atoms with van der Waals surface area (Å²) in [6.45, 7) is 5.62. The van der Waals surface area contributed by atoms with Gasteiger partial charge >= 0.3 is 5.97 Å². The highest BCUT2D eigenvalue weighted by Gasteiger charge is 2.30. The Morgan fingerprint density at radius 3 is 2.03 bits per heavy atom. The first kappa shape index (κ1) is 29.1. The molecule has 0 saturated heterocycles. The van der Waals surface area contributed by atoms with Crippen LogP contribution in [0.1, 0.15) is 52.0 Å². The minimum absolute atomic E-state index is 0.0503. The van der Waals surface area contributed by atoms with Crippen molar-refractivity contribution in [2.45, 2.75) is 77.0 Å². The first-order valence-corrected chi connectivity index (χ1v) is 11.7. The molecular weight excluding hydrogens is 438 g/mol. The molecule has 1 rings (SSSR count). The van der Waals surface area contributed by atoms with Gasteiger partial charge in [-0.25, -0.2) is 0 Å². The second-order valence-corrected chi connectivity index (χ2v) is 8.90. The van der Waals surface area contributed by atoms with Crippen LogP contribution in [-0.4, -0.2) is 59.5 Å². The average molecular weight is 478 g/mol. The maximum atomic E-state index is 13.2. The standard InChI is InChI=1S/C24H39N5O5/c1-15(2)13-19(22(31)27-16(3)24(33)34)29-23(32)20(14-17-9-5-4-6-10-17)28-21(30)18(26)11-7-8-12-25/h4-6,9-10,15-16,18-20H,7-8,11-14,25-26H2,1-3H3,(H,27,31)(H,28,30)(H,29,32)(H,33,34). The molecule has 8 N–H and O–H groups in total. The molecule has 4 atom stereocenters. The van der Waals surface area contributed by atoms with Crippen molar-refractivity contribution in [3.63, 3.8) is 0 Å². The fourth-order valence-electron chi connectivity index (χ4n) is 3.33. The van der Waals surface area contributed by atoms with E-state index in [1.807, 2.05) is 44.2 Å². The number of unbranched alkanes of at least 4 members (excludes halogenated alkanes) is 1. The van der Waals surface area contributed by atoms with E-state index < -0.39 is 47.9 Å². The predicted octanol–water partition coefficient (Wildman–Crippen LogP) is 0.290. The molecule has 0 fully saturated rings. The summed E-state index contributed by atoms with van der Waals surface area (Å²) < 4.78 is 0. The van der Waals surface area contributed by atoms with Gasteiger partial charge in [0.1, 0.15) is 18.1 Å². The minimum Gasteiger partial charge on any atom is -0.480 e. The van der Waals surface area contributed by atoms with Crippen molar-refractivity contribution in [2.75, 3.05) is 6.54 Å². The lowest BCUT2D eigenvalue weighted by Crippen LogP contribution is -2.57. The Kier molecular flexibility index (Phi) is 12.8. The monoisotopic (exact) mass is 477 g/mol. The SMILES string of the molecule is CC(C)CC(NC(=O)C(Cc1ccccc1)NC(=O)C(N)CCCCN)C(=O)NC(C)C(=O)O. The van der Waals surface area contributed by atoms with Crippen LogP contribution in [0.5, 0.6) is 0 Å². The van der Waals surface area contributed by atoms with Crippen LogP contribution in [-0.2, 0) is 25.6 Å². The number of carbonyl (C=O) groups excluding carboxylic acids is 3. The highest BCUT2D eigenvalue weighted by atomic mass is 16.4. The van der Waals surface area contributed by atoms with Crippen molar-refractivity contribution in [2.24, 2.45) is 17.4 Å². The molecule has 0 bridgehead atoms. The Labute approximate surface area is 201 Å². The van der Waals surface area contributed by atoms with Gasteiger partial charge in [-0.2, -0.15) is 0 Å². The van der Waals surface area contributed by atoms with Crippen LogP contribution in [0.3, 0.4) is 0 Å².